The number of amides is 1. The summed E-state index contributed by atoms with van der Waals surface area (Å²) in [6, 6.07) is 34.4. The fourth-order valence-electron chi connectivity index (χ4n) is 4.02. The highest BCUT2D eigenvalue weighted by molar-refractivity contribution is 6.07. The van der Waals surface area contributed by atoms with Crippen LogP contribution < -0.4 is 0 Å². The fourth-order valence-corrected chi connectivity index (χ4v) is 4.02. The predicted octanol–water partition coefficient (Wildman–Crippen LogP) is 6.80. The topological polar surface area (TPSA) is 20.3 Å². The summed E-state index contributed by atoms with van der Waals surface area (Å²) in [6.45, 7) is 4.22. The van der Waals surface area contributed by atoms with Gasteiger partial charge in [-0.3, -0.25) is 4.79 Å². The van der Waals surface area contributed by atoms with Crippen molar-refractivity contribution in [1.29, 1.82) is 0 Å². The Balaban J connectivity index is 1.82. The third kappa shape index (κ3) is 3.79. The Morgan fingerprint density at radius 2 is 1.10 bits per heavy atom. The third-order valence-corrected chi connectivity index (χ3v) is 5.65. The minimum Gasteiger partial charge on any atom is -0.325 e. The molecule has 2 atom stereocenters. The zero-order chi connectivity index (χ0) is 20.2. The highest BCUT2D eigenvalue weighted by Gasteiger charge is 2.29. The predicted molar refractivity (Wildman–Crippen MR) is 120 cm³/mol. The second kappa shape index (κ2) is 8.32. The van der Waals surface area contributed by atoms with E-state index in [2.05, 4.69) is 50.2 Å². The number of carbonyl (C=O) groups excluding carboxylic acids is 1. The van der Waals surface area contributed by atoms with Gasteiger partial charge in [0, 0.05) is 5.56 Å². The maximum absolute atomic E-state index is 13.9. The lowest BCUT2D eigenvalue weighted by Gasteiger charge is -2.36. The van der Waals surface area contributed by atoms with Crippen molar-refractivity contribution in [2.45, 2.75) is 25.9 Å². The molecule has 4 rings (SSSR count). The van der Waals surface area contributed by atoms with Gasteiger partial charge in [-0.05, 0) is 41.8 Å². The van der Waals surface area contributed by atoms with E-state index < -0.39 is 0 Å². The number of nitrogens with zero attached hydrogens (tertiary/aromatic N) is 1. The van der Waals surface area contributed by atoms with Gasteiger partial charge in [-0.2, -0.15) is 0 Å². The van der Waals surface area contributed by atoms with Gasteiger partial charge in [0.25, 0.3) is 5.91 Å². The molecule has 0 spiro atoms. The molecule has 0 saturated carbocycles. The van der Waals surface area contributed by atoms with Crippen LogP contribution in [0.5, 0.6) is 0 Å². The standard InChI is InChI=1S/C27H25NO/c1-20(22-12-5-3-6-13-22)28(21(2)23-14-7-4-8-15-23)27(29)26-19-11-17-24-16-9-10-18-25(24)26/h3-21H,1-2H3/t20-,21-/m1/s1. The Morgan fingerprint density at radius 3 is 1.69 bits per heavy atom. The van der Waals surface area contributed by atoms with Crippen molar-refractivity contribution in [3.05, 3.63) is 120 Å². The van der Waals surface area contributed by atoms with E-state index in [1.807, 2.05) is 71.6 Å². The first-order chi connectivity index (χ1) is 14.2. The average molecular weight is 380 g/mol. The molecule has 4 aromatic carbocycles. The lowest BCUT2D eigenvalue weighted by atomic mass is 9.97. The molecule has 0 N–H and O–H groups in total. The normalized spacial score (nSPS) is 13.0. The lowest BCUT2D eigenvalue weighted by molar-refractivity contribution is 0.0606. The van der Waals surface area contributed by atoms with E-state index in [1.165, 1.54) is 0 Å². The molecule has 0 saturated heterocycles. The van der Waals surface area contributed by atoms with E-state index in [9.17, 15) is 4.79 Å². The molecule has 2 nitrogen and oxygen atoms in total. The molecule has 29 heavy (non-hydrogen) atoms. The summed E-state index contributed by atoms with van der Waals surface area (Å²) in [7, 11) is 0. The van der Waals surface area contributed by atoms with Crippen molar-refractivity contribution in [1.82, 2.24) is 4.90 Å². The van der Waals surface area contributed by atoms with E-state index >= 15 is 0 Å². The molecular weight excluding hydrogens is 354 g/mol. The summed E-state index contributed by atoms with van der Waals surface area (Å²) in [4.78, 5) is 15.9. The molecule has 144 valence electrons. The number of rotatable bonds is 5. The van der Waals surface area contributed by atoms with E-state index in [0.717, 1.165) is 27.5 Å². The van der Waals surface area contributed by atoms with Gasteiger partial charge in [0.05, 0.1) is 12.1 Å². The number of hydrogen-bond acceptors (Lipinski definition) is 1. The van der Waals surface area contributed by atoms with Gasteiger partial charge in [0.15, 0.2) is 0 Å². The lowest BCUT2D eigenvalue weighted by Crippen LogP contribution is -2.36. The van der Waals surface area contributed by atoms with Crippen LogP contribution in [0, 0.1) is 0 Å². The average Bonchev–Trinajstić information content (AvgIpc) is 2.79. The van der Waals surface area contributed by atoms with Gasteiger partial charge in [0.1, 0.15) is 0 Å². The van der Waals surface area contributed by atoms with E-state index in [1.54, 1.807) is 0 Å². The Morgan fingerprint density at radius 1 is 0.621 bits per heavy atom. The highest BCUT2D eigenvalue weighted by atomic mass is 16.2. The van der Waals surface area contributed by atoms with Crippen LogP contribution in [0.4, 0.5) is 0 Å². The molecule has 0 aliphatic carbocycles. The van der Waals surface area contributed by atoms with E-state index in [-0.39, 0.29) is 18.0 Å². The van der Waals surface area contributed by atoms with Crippen LogP contribution in [-0.2, 0) is 0 Å². The number of fused-ring (bicyclic) bond motifs is 1. The van der Waals surface area contributed by atoms with Crippen molar-refractivity contribution >= 4 is 16.7 Å². The monoisotopic (exact) mass is 379 g/mol. The molecule has 2 heteroatoms. The summed E-state index contributed by atoms with van der Waals surface area (Å²) in [5, 5.41) is 2.07. The molecule has 4 aromatic rings. The minimum absolute atomic E-state index is 0.0505. The zero-order valence-corrected chi connectivity index (χ0v) is 16.8. The van der Waals surface area contributed by atoms with Gasteiger partial charge >= 0.3 is 0 Å². The van der Waals surface area contributed by atoms with Crippen LogP contribution >= 0.6 is 0 Å². The third-order valence-electron chi connectivity index (χ3n) is 5.65. The van der Waals surface area contributed by atoms with Crippen molar-refractivity contribution in [2.75, 3.05) is 0 Å². The first kappa shape index (κ1) is 18.9. The molecule has 0 aliphatic heterocycles. The zero-order valence-electron chi connectivity index (χ0n) is 16.8. The molecular formula is C27H25NO. The maximum atomic E-state index is 13.9. The molecule has 0 bridgehead atoms. The summed E-state index contributed by atoms with van der Waals surface area (Å²) >= 11 is 0. The molecule has 0 radical (unpaired) electrons. The van der Waals surface area contributed by atoms with Gasteiger partial charge in [-0.15, -0.1) is 0 Å². The first-order valence-electron chi connectivity index (χ1n) is 10.1. The molecule has 0 heterocycles. The summed E-state index contributed by atoms with van der Waals surface area (Å²) in [6.07, 6.45) is 0. The molecule has 0 aromatic heterocycles. The van der Waals surface area contributed by atoms with Gasteiger partial charge < -0.3 is 4.90 Å². The number of hydrogen-bond donors (Lipinski definition) is 0. The van der Waals surface area contributed by atoms with Crippen LogP contribution in [0.3, 0.4) is 0 Å². The van der Waals surface area contributed by atoms with Crippen LogP contribution in [0.1, 0.15) is 47.4 Å². The van der Waals surface area contributed by atoms with Crippen LogP contribution in [0.25, 0.3) is 10.8 Å². The quantitative estimate of drug-likeness (QED) is 0.373. The second-order valence-corrected chi connectivity index (χ2v) is 7.41. The van der Waals surface area contributed by atoms with Crippen molar-refractivity contribution in [3.8, 4) is 0 Å². The van der Waals surface area contributed by atoms with Gasteiger partial charge in [0.2, 0.25) is 0 Å². The summed E-state index contributed by atoms with van der Waals surface area (Å²) in [5.41, 5.74) is 3.00. The number of carbonyl (C=O) groups is 1. The molecule has 0 fully saturated rings. The second-order valence-electron chi connectivity index (χ2n) is 7.41. The minimum atomic E-state index is -0.0575. The first-order valence-corrected chi connectivity index (χ1v) is 10.1. The Hall–Kier alpha value is -3.39. The van der Waals surface area contributed by atoms with Crippen LogP contribution in [-0.4, -0.2) is 10.8 Å². The van der Waals surface area contributed by atoms with Gasteiger partial charge in [-0.1, -0.05) is 97.1 Å². The smallest absolute Gasteiger partial charge is 0.255 e. The Bertz CT molecular complexity index is 1050. The SMILES string of the molecule is C[C@H](c1ccccc1)N(C(=O)c1cccc2ccccc12)[C@H](C)c1ccccc1. The van der Waals surface area contributed by atoms with Crippen molar-refractivity contribution in [3.63, 3.8) is 0 Å². The van der Waals surface area contributed by atoms with E-state index in [4.69, 9.17) is 0 Å². The van der Waals surface area contributed by atoms with Crippen LogP contribution in [0.2, 0.25) is 0 Å². The molecule has 0 unspecified atom stereocenters. The highest BCUT2D eigenvalue weighted by Crippen LogP contribution is 2.33. The van der Waals surface area contributed by atoms with Crippen molar-refractivity contribution < 1.29 is 4.79 Å². The summed E-state index contributed by atoms with van der Waals surface area (Å²) in [5.74, 6) is 0.0505. The fraction of sp³-hybridized carbons (Fsp3) is 0.148. The Labute approximate surface area is 172 Å². The van der Waals surface area contributed by atoms with E-state index in [0.29, 0.717) is 0 Å². The molecule has 1 amide bonds. The molecule has 0 aliphatic rings. The largest absolute Gasteiger partial charge is 0.325 e. The number of benzene rings is 4. The van der Waals surface area contributed by atoms with Crippen LogP contribution in [0.15, 0.2) is 103 Å². The van der Waals surface area contributed by atoms with Gasteiger partial charge in [-0.25, -0.2) is 0 Å². The maximum Gasteiger partial charge on any atom is 0.255 e. The summed E-state index contributed by atoms with van der Waals surface area (Å²) < 4.78 is 0. The Kier molecular flexibility index (Phi) is 5.44. The van der Waals surface area contributed by atoms with Crippen molar-refractivity contribution in [2.24, 2.45) is 0 Å².